The molecule has 23 heavy (non-hydrogen) atoms. The van der Waals surface area contributed by atoms with Crippen LogP contribution in [0.3, 0.4) is 0 Å². The quantitative estimate of drug-likeness (QED) is 0.756. The first-order valence-electron chi connectivity index (χ1n) is 8.05. The molecule has 0 heterocycles. The van der Waals surface area contributed by atoms with E-state index in [1.807, 2.05) is 18.2 Å². The van der Waals surface area contributed by atoms with Gasteiger partial charge in [-0.3, -0.25) is 9.59 Å². The van der Waals surface area contributed by atoms with Gasteiger partial charge in [0.1, 0.15) is 6.04 Å². The molecule has 0 radical (unpaired) electrons. The third kappa shape index (κ3) is 4.41. The summed E-state index contributed by atoms with van der Waals surface area (Å²) in [7, 11) is 0. The predicted octanol–water partition coefficient (Wildman–Crippen LogP) is 2.36. The van der Waals surface area contributed by atoms with Crippen LogP contribution in [-0.2, 0) is 22.4 Å². The fraction of sp³-hybridized carbons (Fsp3) is 0.500. The first-order chi connectivity index (χ1) is 10.9. The summed E-state index contributed by atoms with van der Waals surface area (Å²) in [6.45, 7) is 3.46. The largest absolute Gasteiger partial charge is 0.480 e. The summed E-state index contributed by atoms with van der Waals surface area (Å²) in [5.74, 6) is -1.74. The highest BCUT2D eigenvalue weighted by molar-refractivity contribution is 5.98. The summed E-state index contributed by atoms with van der Waals surface area (Å²) in [6, 6.07) is 4.82. The van der Waals surface area contributed by atoms with Crippen LogP contribution in [0.4, 0.5) is 0 Å². The third-order valence-electron chi connectivity index (χ3n) is 4.25. The summed E-state index contributed by atoms with van der Waals surface area (Å²) in [5, 5.41) is 11.5. The lowest BCUT2D eigenvalue weighted by molar-refractivity contribution is -0.143. The van der Waals surface area contributed by atoms with Crippen LogP contribution in [0.15, 0.2) is 18.2 Å². The van der Waals surface area contributed by atoms with Crippen molar-refractivity contribution in [3.8, 4) is 0 Å². The summed E-state index contributed by atoms with van der Waals surface area (Å²) in [4.78, 5) is 35.1. The highest BCUT2D eigenvalue weighted by atomic mass is 16.4. The number of hydrogen-bond acceptors (Lipinski definition) is 3. The molecule has 0 aliphatic heterocycles. The number of carbonyl (C=O) groups excluding carboxylic acids is 2. The molecule has 1 aromatic carbocycles. The molecule has 2 rings (SSSR count). The molecular weight excluding hydrogens is 294 g/mol. The normalized spacial score (nSPS) is 14.4. The second-order valence-corrected chi connectivity index (χ2v) is 6.39. The number of carboxylic acid groups (broad SMARTS) is 1. The van der Waals surface area contributed by atoms with Gasteiger partial charge in [0.25, 0.3) is 0 Å². The van der Waals surface area contributed by atoms with Gasteiger partial charge in [0, 0.05) is 18.4 Å². The Labute approximate surface area is 136 Å². The minimum atomic E-state index is -1.06. The van der Waals surface area contributed by atoms with E-state index in [2.05, 4.69) is 5.32 Å². The highest BCUT2D eigenvalue weighted by Crippen LogP contribution is 2.23. The van der Waals surface area contributed by atoms with Crippen molar-refractivity contribution in [2.75, 3.05) is 0 Å². The topological polar surface area (TPSA) is 83.5 Å². The van der Waals surface area contributed by atoms with Gasteiger partial charge in [-0.15, -0.1) is 0 Å². The molecule has 1 aliphatic rings. The van der Waals surface area contributed by atoms with Gasteiger partial charge in [0.15, 0.2) is 5.78 Å². The number of aryl methyl sites for hydroxylation is 2. The van der Waals surface area contributed by atoms with Crippen molar-refractivity contribution in [2.45, 2.75) is 52.0 Å². The van der Waals surface area contributed by atoms with Crippen LogP contribution >= 0.6 is 0 Å². The van der Waals surface area contributed by atoms with Crippen molar-refractivity contribution < 1.29 is 19.5 Å². The zero-order valence-corrected chi connectivity index (χ0v) is 13.6. The van der Waals surface area contributed by atoms with Crippen molar-refractivity contribution in [1.82, 2.24) is 5.32 Å². The van der Waals surface area contributed by atoms with E-state index < -0.39 is 17.9 Å². The average Bonchev–Trinajstić information content (AvgIpc) is 2.96. The molecule has 5 nitrogen and oxygen atoms in total. The van der Waals surface area contributed by atoms with E-state index in [4.69, 9.17) is 5.11 Å². The molecule has 0 saturated heterocycles. The molecule has 0 unspecified atom stereocenters. The van der Waals surface area contributed by atoms with Crippen LogP contribution in [0.5, 0.6) is 0 Å². The maximum atomic E-state index is 12.2. The van der Waals surface area contributed by atoms with E-state index in [9.17, 15) is 14.4 Å². The van der Waals surface area contributed by atoms with E-state index in [0.717, 1.165) is 19.3 Å². The number of amides is 1. The van der Waals surface area contributed by atoms with Crippen molar-refractivity contribution in [3.63, 3.8) is 0 Å². The van der Waals surface area contributed by atoms with Crippen molar-refractivity contribution in [3.05, 3.63) is 34.9 Å². The first kappa shape index (κ1) is 17.2. The number of nitrogens with one attached hydrogen (secondary N) is 1. The first-order valence-corrected chi connectivity index (χ1v) is 8.05. The lowest BCUT2D eigenvalue weighted by Crippen LogP contribution is -2.44. The van der Waals surface area contributed by atoms with E-state index in [-0.39, 0.29) is 24.5 Å². The van der Waals surface area contributed by atoms with Crippen LogP contribution < -0.4 is 5.32 Å². The molecule has 5 heteroatoms. The van der Waals surface area contributed by atoms with Crippen molar-refractivity contribution in [2.24, 2.45) is 5.92 Å². The Morgan fingerprint density at radius 2 is 1.83 bits per heavy atom. The Bertz CT molecular complexity index is 621. The van der Waals surface area contributed by atoms with Gasteiger partial charge in [-0.05, 0) is 42.4 Å². The van der Waals surface area contributed by atoms with Gasteiger partial charge in [0.2, 0.25) is 5.91 Å². The monoisotopic (exact) mass is 317 g/mol. The maximum Gasteiger partial charge on any atom is 0.326 e. The predicted molar refractivity (Wildman–Crippen MR) is 86.4 cm³/mol. The molecule has 0 bridgehead atoms. The number of ketones is 1. The number of rotatable bonds is 7. The molecule has 1 aromatic rings. The molecule has 2 N–H and O–H groups in total. The van der Waals surface area contributed by atoms with E-state index >= 15 is 0 Å². The Balaban J connectivity index is 1.89. The highest BCUT2D eigenvalue weighted by Gasteiger charge is 2.23. The number of Topliss-reactive ketones (excluding diaryl/α,β-unsaturated/α-hetero) is 1. The summed E-state index contributed by atoms with van der Waals surface area (Å²) >= 11 is 0. The van der Waals surface area contributed by atoms with Crippen molar-refractivity contribution in [1.29, 1.82) is 0 Å². The van der Waals surface area contributed by atoms with Gasteiger partial charge in [-0.1, -0.05) is 26.0 Å². The van der Waals surface area contributed by atoms with Gasteiger partial charge in [0.05, 0.1) is 0 Å². The van der Waals surface area contributed by atoms with E-state index in [0.29, 0.717) is 5.56 Å². The molecule has 0 saturated carbocycles. The molecule has 124 valence electrons. The molecule has 1 aliphatic carbocycles. The van der Waals surface area contributed by atoms with Crippen LogP contribution in [-0.4, -0.2) is 28.8 Å². The molecule has 0 aromatic heterocycles. The minimum Gasteiger partial charge on any atom is -0.480 e. The Morgan fingerprint density at radius 3 is 2.48 bits per heavy atom. The second-order valence-electron chi connectivity index (χ2n) is 6.39. The number of benzene rings is 1. The second kappa shape index (κ2) is 7.40. The smallest absolute Gasteiger partial charge is 0.326 e. The van der Waals surface area contributed by atoms with Crippen LogP contribution in [0.2, 0.25) is 0 Å². The maximum absolute atomic E-state index is 12.2. The minimum absolute atomic E-state index is 0.00637. The number of fused-ring (bicyclic) bond motifs is 1. The molecule has 0 spiro atoms. The van der Waals surface area contributed by atoms with Crippen LogP contribution in [0, 0.1) is 5.92 Å². The standard InChI is InChI=1S/C18H23NO4/c1-11(2)17(18(22)23)19-16(21)9-8-15(20)14-7-6-12-4-3-5-13(12)10-14/h6-7,10-11,17H,3-5,8-9H2,1-2H3,(H,19,21)(H,22,23)/t17-/m0/s1. The molecular formula is C18H23NO4. The summed E-state index contributed by atoms with van der Waals surface area (Å²) in [5.41, 5.74) is 3.17. The number of carboxylic acids is 1. The lowest BCUT2D eigenvalue weighted by Gasteiger charge is -2.17. The molecule has 0 fully saturated rings. The summed E-state index contributed by atoms with van der Waals surface area (Å²) in [6.07, 6.45) is 3.30. The fourth-order valence-corrected chi connectivity index (χ4v) is 2.88. The Morgan fingerprint density at radius 1 is 1.13 bits per heavy atom. The number of carbonyl (C=O) groups is 3. The average molecular weight is 317 g/mol. The van der Waals surface area contributed by atoms with Gasteiger partial charge in [-0.2, -0.15) is 0 Å². The van der Waals surface area contributed by atoms with E-state index in [1.54, 1.807) is 13.8 Å². The molecule has 1 amide bonds. The number of aliphatic carboxylic acids is 1. The van der Waals surface area contributed by atoms with Gasteiger partial charge < -0.3 is 10.4 Å². The van der Waals surface area contributed by atoms with Crippen LogP contribution in [0.25, 0.3) is 0 Å². The summed E-state index contributed by atoms with van der Waals surface area (Å²) < 4.78 is 0. The molecule has 1 atom stereocenters. The zero-order valence-electron chi connectivity index (χ0n) is 13.6. The van der Waals surface area contributed by atoms with Gasteiger partial charge >= 0.3 is 5.97 Å². The SMILES string of the molecule is CC(C)[C@H](NC(=O)CCC(=O)c1ccc2c(c1)CCC2)C(=O)O. The Kier molecular flexibility index (Phi) is 5.53. The zero-order chi connectivity index (χ0) is 17.0. The Hall–Kier alpha value is -2.17. The lowest BCUT2D eigenvalue weighted by atomic mass is 10.0. The van der Waals surface area contributed by atoms with Crippen LogP contribution in [0.1, 0.15) is 54.6 Å². The van der Waals surface area contributed by atoms with Crippen molar-refractivity contribution >= 4 is 17.7 Å². The van der Waals surface area contributed by atoms with Gasteiger partial charge in [-0.25, -0.2) is 4.79 Å². The van der Waals surface area contributed by atoms with E-state index in [1.165, 1.54) is 11.1 Å². The fourth-order valence-electron chi connectivity index (χ4n) is 2.88. The third-order valence-corrected chi connectivity index (χ3v) is 4.25. The number of hydrogen-bond donors (Lipinski definition) is 2.